The minimum Gasteiger partial charge on any atom is -0.306 e. The summed E-state index contributed by atoms with van der Waals surface area (Å²) in [6, 6.07) is 0. The summed E-state index contributed by atoms with van der Waals surface area (Å²) in [5, 5.41) is 0. The highest BCUT2D eigenvalue weighted by atomic mass is 79.9. The largest absolute Gasteiger partial charge is 0.380 e. The number of alkyl halides is 2. The molecule has 7 heteroatoms. The van der Waals surface area contributed by atoms with E-state index in [1.165, 1.54) is 0 Å². The van der Waals surface area contributed by atoms with Gasteiger partial charge in [0, 0.05) is 0 Å². The zero-order valence-electron chi connectivity index (χ0n) is 4.77. The van der Waals surface area contributed by atoms with Crippen molar-refractivity contribution in [1.29, 1.82) is 0 Å². The quantitative estimate of drug-likeness (QED) is 0.571. The van der Waals surface area contributed by atoms with E-state index in [1.54, 1.807) is 0 Å². The lowest BCUT2D eigenvalue weighted by atomic mass is 10.5. The number of hydrogen-bond acceptors (Lipinski definition) is 2. The molecule has 0 amide bonds. The van der Waals surface area contributed by atoms with Gasteiger partial charge < -0.3 is 4.52 Å². The SMILES string of the molecule is O=P(Cl)(Cl)OCCC(Br)Br. The predicted octanol–water partition coefficient (Wildman–Crippen LogP) is 4.09. The van der Waals surface area contributed by atoms with Crippen LogP contribution in [0, 0.1) is 0 Å². The van der Waals surface area contributed by atoms with E-state index in [0.717, 1.165) is 0 Å². The summed E-state index contributed by atoms with van der Waals surface area (Å²) in [6.45, 7) is 0.269. The Kier molecular flexibility index (Phi) is 6.32. The minimum atomic E-state index is -3.32. The topological polar surface area (TPSA) is 26.3 Å². The van der Waals surface area contributed by atoms with E-state index in [2.05, 4.69) is 36.4 Å². The molecule has 0 saturated carbocycles. The lowest BCUT2D eigenvalue weighted by molar-refractivity contribution is 0.333. The van der Waals surface area contributed by atoms with Crippen LogP contribution in [0.3, 0.4) is 0 Å². The summed E-state index contributed by atoms with van der Waals surface area (Å²) in [5.41, 5.74) is 0. The standard InChI is InChI=1S/C3H5Br2Cl2O2P/c4-3(5)1-2-9-10(6,7)8/h3H,1-2H2. The van der Waals surface area contributed by atoms with Crippen molar-refractivity contribution in [1.82, 2.24) is 0 Å². The molecule has 62 valence electrons. The molecule has 0 unspecified atom stereocenters. The molecule has 2 nitrogen and oxygen atoms in total. The zero-order valence-corrected chi connectivity index (χ0v) is 10.3. The Morgan fingerprint density at radius 3 is 2.30 bits per heavy atom. The Hall–Kier alpha value is 1.73. The van der Waals surface area contributed by atoms with E-state index >= 15 is 0 Å². The van der Waals surface area contributed by atoms with E-state index in [0.29, 0.717) is 6.42 Å². The van der Waals surface area contributed by atoms with Crippen molar-refractivity contribution < 1.29 is 9.09 Å². The van der Waals surface area contributed by atoms with Crippen LogP contribution in [0.15, 0.2) is 0 Å². The number of rotatable bonds is 4. The second kappa shape index (κ2) is 5.39. The lowest BCUT2D eigenvalue weighted by Gasteiger charge is -2.03. The Balaban J connectivity index is 3.30. The molecule has 10 heavy (non-hydrogen) atoms. The highest BCUT2D eigenvalue weighted by molar-refractivity contribution is 9.24. The molecular weight excluding hydrogens is 330 g/mol. The Bertz CT molecular complexity index is 136. The van der Waals surface area contributed by atoms with Gasteiger partial charge in [0.1, 0.15) is 0 Å². The van der Waals surface area contributed by atoms with E-state index in [-0.39, 0.29) is 10.3 Å². The van der Waals surface area contributed by atoms with Crippen molar-refractivity contribution in [2.24, 2.45) is 0 Å². The van der Waals surface area contributed by atoms with Gasteiger partial charge in [-0.15, -0.1) is 0 Å². The Labute approximate surface area is 85.9 Å². The van der Waals surface area contributed by atoms with Crippen LogP contribution in [0.5, 0.6) is 0 Å². The molecule has 0 spiro atoms. The average molecular weight is 335 g/mol. The molecule has 0 aromatic rings. The van der Waals surface area contributed by atoms with Crippen molar-refractivity contribution in [2.75, 3.05) is 6.61 Å². The third-order valence-corrected chi connectivity index (χ3v) is 2.56. The summed E-state index contributed by atoms with van der Waals surface area (Å²) in [4.78, 5) is 0. The third-order valence-electron chi connectivity index (χ3n) is 0.578. The molecule has 0 aliphatic carbocycles. The molecule has 0 bridgehead atoms. The minimum absolute atomic E-state index is 0.139. The molecule has 0 saturated heterocycles. The van der Waals surface area contributed by atoms with Crippen LogP contribution in [-0.4, -0.2) is 10.3 Å². The summed E-state index contributed by atoms with van der Waals surface area (Å²) in [5.74, 6) is 0. The predicted molar refractivity (Wildman–Crippen MR) is 51.5 cm³/mol. The van der Waals surface area contributed by atoms with Crippen molar-refractivity contribution in [3.05, 3.63) is 0 Å². The van der Waals surface area contributed by atoms with Gasteiger partial charge in [0.25, 0.3) is 0 Å². The van der Waals surface area contributed by atoms with E-state index < -0.39 is 6.07 Å². The molecule has 0 rings (SSSR count). The maximum atomic E-state index is 10.5. The molecule has 0 heterocycles. The first-order valence-electron chi connectivity index (χ1n) is 2.34. The fourth-order valence-corrected chi connectivity index (χ4v) is 1.35. The first-order valence-corrected chi connectivity index (χ1v) is 7.60. The average Bonchev–Trinajstić information content (AvgIpc) is 1.59. The van der Waals surface area contributed by atoms with Crippen molar-refractivity contribution in [3.8, 4) is 0 Å². The van der Waals surface area contributed by atoms with Gasteiger partial charge >= 0.3 is 6.07 Å². The summed E-state index contributed by atoms with van der Waals surface area (Å²) in [6.07, 6.45) is -2.66. The van der Waals surface area contributed by atoms with Crippen LogP contribution in [0.1, 0.15) is 6.42 Å². The molecule has 0 atom stereocenters. The molecule has 0 fully saturated rings. The molecular formula is C3H5Br2Cl2O2P. The van der Waals surface area contributed by atoms with Crippen LogP contribution >= 0.6 is 60.4 Å². The summed E-state index contributed by atoms with van der Waals surface area (Å²) < 4.78 is 15.2. The summed E-state index contributed by atoms with van der Waals surface area (Å²) in [7, 11) is 0. The monoisotopic (exact) mass is 332 g/mol. The highest BCUT2D eigenvalue weighted by Gasteiger charge is 2.13. The van der Waals surface area contributed by atoms with Crippen LogP contribution < -0.4 is 0 Å². The Morgan fingerprint density at radius 2 is 2.00 bits per heavy atom. The molecule has 0 aromatic carbocycles. The highest BCUT2D eigenvalue weighted by Crippen LogP contribution is 2.57. The van der Waals surface area contributed by atoms with Gasteiger partial charge in [0.05, 0.1) is 10.3 Å². The molecule has 0 aromatic heterocycles. The summed E-state index contributed by atoms with van der Waals surface area (Å²) >= 11 is 16.6. The molecule has 0 radical (unpaired) electrons. The first-order chi connectivity index (χ1) is 4.42. The fraction of sp³-hybridized carbons (Fsp3) is 1.00. The van der Waals surface area contributed by atoms with Crippen LogP contribution in [0.2, 0.25) is 0 Å². The van der Waals surface area contributed by atoms with Gasteiger partial charge in [-0.1, -0.05) is 31.9 Å². The van der Waals surface area contributed by atoms with Gasteiger partial charge in [0.15, 0.2) is 0 Å². The molecule has 0 aliphatic rings. The van der Waals surface area contributed by atoms with E-state index in [1.807, 2.05) is 0 Å². The lowest BCUT2D eigenvalue weighted by Crippen LogP contribution is -1.92. The number of hydrogen-bond donors (Lipinski definition) is 0. The smallest absolute Gasteiger partial charge is 0.306 e. The maximum absolute atomic E-state index is 10.5. The van der Waals surface area contributed by atoms with Crippen LogP contribution in [-0.2, 0) is 9.09 Å². The molecule has 0 aliphatic heterocycles. The van der Waals surface area contributed by atoms with Gasteiger partial charge in [-0.3, -0.25) is 4.57 Å². The first kappa shape index (κ1) is 11.7. The van der Waals surface area contributed by atoms with Crippen molar-refractivity contribution in [3.63, 3.8) is 0 Å². The number of halogens is 4. The van der Waals surface area contributed by atoms with Gasteiger partial charge in [-0.25, -0.2) is 0 Å². The molecule has 0 N–H and O–H groups in total. The zero-order chi connectivity index (χ0) is 8.20. The normalized spacial score (nSPS) is 12.5. The fourth-order valence-electron chi connectivity index (χ4n) is 0.248. The van der Waals surface area contributed by atoms with Gasteiger partial charge in [-0.2, -0.15) is 0 Å². The Morgan fingerprint density at radius 1 is 1.50 bits per heavy atom. The second-order valence-electron chi connectivity index (χ2n) is 1.43. The van der Waals surface area contributed by atoms with Crippen molar-refractivity contribution >= 4 is 60.4 Å². The maximum Gasteiger partial charge on any atom is 0.380 e. The van der Waals surface area contributed by atoms with Crippen LogP contribution in [0.4, 0.5) is 0 Å². The van der Waals surface area contributed by atoms with E-state index in [4.69, 9.17) is 22.5 Å². The van der Waals surface area contributed by atoms with Crippen molar-refractivity contribution in [2.45, 2.75) is 10.2 Å². The van der Waals surface area contributed by atoms with Crippen LogP contribution in [0.25, 0.3) is 0 Å². The third kappa shape index (κ3) is 9.73. The van der Waals surface area contributed by atoms with Gasteiger partial charge in [-0.05, 0) is 28.9 Å². The second-order valence-corrected chi connectivity index (χ2v) is 9.14. The van der Waals surface area contributed by atoms with E-state index in [9.17, 15) is 4.57 Å². The van der Waals surface area contributed by atoms with Gasteiger partial charge in [0.2, 0.25) is 0 Å².